The highest BCUT2D eigenvalue weighted by molar-refractivity contribution is 6.12. The molecule has 0 aliphatic carbocycles. The van der Waals surface area contributed by atoms with E-state index in [9.17, 15) is 0 Å². The third-order valence-electron chi connectivity index (χ3n) is 2.72. The van der Waals surface area contributed by atoms with E-state index in [1.807, 2.05) is 24.3 Å². The van der Waals surface area contributed by atoms with Crippen molar-refractivity contribution in [3.05, 3.63) is 29.8 Å². The highest BCUT2D eigenvalue weighted by Gasteiger charge is 2.23. The SMILES string of the molecule is N=CN1C(=N)[C@H](N)CCc2ccccc21. The summed E-state index contributed by atoms with van der Waals surface area (Å²) in [6, 6.07) is 7.56. The number of nitrogens with two attached hydrogens (primary N) is 1. The third-order valence-corrected chi connectivity index (χ3v) is 2.72. The largest absolute Gasteiger partial charge is 0.321 e. The highest BCUT2D eigenvalue weighted by Crippen LogP contribution is 2.25. The van der Waals surface area contributed by atoms with E-state index in [0.717, 1.165) is 30.4 Å². The number of hydrogen-bond acceptors (Lipinski definition) is 3. The van der Waals surface area contributed by atoms with E-state index in [2.05, 4.69) is 0 Å². The van der Waals surface area contributed by atoms with Gasteiger partial charge in [0.2, 0.25) is 0 Å². The van der Waals surface area contributed by atoms with E-state index in [4.69, 9.17) is 16.6 Å². The minimum absolute atomic E-state index is 0.279. The van der Waals surface area contributed by atoms with Crippen molar-refractivity contribution in [2.45, 2.75) is 18.9 Å². The number of hydrogen-bond donors (Lipinski definition) is 3. The van der Waals surface area contributed by atoms with Crippen molar-refractivity contribution in [1.29, 1.82) is 10.8 Å². The van der Waals surface area contributed by atoms with Crippen LogP contribution in [0.25, 0.3) is 0 Å². The minimum atomic E-state index is -0.279. The lowest BCUT2D eigenvalue weighted by molar-refractivity contribution is 0.753. The van der Waals surface area contributed by atoms with Gasteiger partial charge in [0.25, 0.3) is 0 Å². The van der Waals surface area contributed by atoms with Crippen LogP contribution in [0.1, 0.15) is 12.0 Å². The van der Waals surface area contributed by atoms with E-state index in [0.29, 0.717) is 5.84 Å². The molecule has 0 fully saturated rings. The van der Waals surface area contributed by atoms with Crippen molar-refractivity contribution in [3.63, 3.8) is 0 Å². The summed E-state index contributed by atoms with van der Waals surface area (Å²) in [5, 5.41) is 15.2. The van der Waals surface area contributed by atoms with Gasteiger partial charge in [-0.05, 0) is 24.5 Å². The van der Waals surface area contributed by atoms with Crippen LogP contribution in [0.15, 0.2) is 24.3 Å². The molecular weight excluding hydrogens is 188 g/mol. The molecule has 2 rings (SSSR count). The van der Waals surface area contributed by atoms with Gasteiger partial charge in [0.1, 0.15) is 5.84 Å². The molecule has 0 unspecified atom stereocenters. The smallest absolute Gasteiger partial charge is 0.123 e. The van der Waals surface area contributed by atoms with Gasteiger partial charge < -0.3 is 5.73 Å². The minimum Gasteiger partial charge on any atom is -0.321 e. The number of fused-ring (bicyclic) bond motifs is 1. The van der Waals surface area contributed by atoms with Crippen LogP contribution >= 0.6 is 0 Å². The van der Waals surface area contributed by atoms with Crippen LogP contribution in [0.5, 0.6) is 0 Å². The Morgan fingerprint density at radius 2 is 2.13 bits per heavy atom. The molecule has 15 heavy (non-hydrogen) atoms. The maximum Gasteiger partial charge on any atom is 0.123 e. The number of anilines is 1. The van der Waals surface area contributed by atoms with Crippen molar-refractivity contribution in [3.8, 4) is 0 Å². The Morgan fingerprint density at radius 1 is 1.40 bits per heavy atom. The van der Waals surface area contributed by atoms with Crippen LogP contribution in [-0.2, 0) is 6.42 Å². The normalized spacial score (nSPS) is 20.7. The lowest BCUT2D eigenvalue weighted by atomic mass is 10.1. The highest BCUT2D eigenvalue weighted by atomic mass is 15.2. The monoisotopic (exact) mass is 202 g/mol. The average Bonchev–Trinajstić information content (AvgIpc) is 2.38. The van der Waals surface area contributed by atoms with Gasteiger partial charge in [-0.15, -0.1) is 0 Å². The molecule has 4 N–H and O–H groups in total. The van der Waals surface area contributed by atoms with Crippen molar-refractivity contribution in [2.24, 2.45) is 5.73 Å². The van der Waals surface area contributed by atoms with Gasteiger partial charge in [-0.3, -0.25) is 15.7 Å². The van der Waals surface area contributed by atoms with Gasteiger partial charge in [0, 0.05) is 0 Å². The number of nitrogens with zero attached hydrogens (tertiary/aromatic N) is 1. The number of aryl methyl sites for hydroxylation is 1. The van der Waals surface area contributed by atoms with Crippen LogP contribution in [0.2, 0.25) is 0 Å². The molecule has 0 saturated heterocycles. The Labute approximate surface area is 88.7 Å². The summed E-state index contributed by atoms with van der Waals surface area (Å²) in [4.78, 5) is 1.55. The Bertz CT molecular complexity index is 399. The molecule has 1 aliphatic heterocycles. The van der Waals surface area contributed by atoms with E-state index in [-0.39, 0.29) is 6.04 Å². The van der Waals surface area contributed by atoms with Crippen LogP contribution < -0.4 is 10.6 Å². The average molecular weight is 202 g/mol. The van der Waals surface area contributed by atoms with Gasteiger partial charge in [0.15, 0.2) is 0 Å². The van der Waals surface area contributed by atoms with Crippen LogP contribution in [0.3, 0.4) is 0 Å². The topological polar surface area (TPSA) is 77.0 Å². The summed E-state index contributed by atoms with van der Waals surface area (Å²) >= 11 is 0. The van der Waals surface area contributed by atoms with E-state index >= 15 is 0 Å². The quantitative estimate of drug-likeness (QED) is 0.475. The zero-order chi connectivity index (χ0) is 10.8. The molecule has 78 valence electrons. The maximum atomic E-state index is 7.87. The molecule has 1 aromatic carbocycles. The lowest BCUT2D eigenvalue weighted by Gasteiger charge is -2.21. The molecule has 0 bridgehead atoms. The second-order valence-corrected chi connectivity index (χ2v) is 3.66. The zero-order valence-corrected chi connectivity index (χ0v) is 8.40. The van der Waals surface area contributed by atoms with E-state index in [1.54, 1.807) is 4.90 Å². The van der Waals surface area contributed by atoms with Crippen molar-refractivity contribution in [1.82, 2.24) is 0 Å². The van der Waals surface area contributed by atoms with E-state index < -0.39 is 0 Å². The first-order valence-corrected chi connectivity index (χ1v) is 4.96. The summed E-state index contributed by atoms with van der Waals surface area (Å²) in [5.74, 6) is 0.301. The lowest BCUT2D eigenvalue weighted by Crippen LogP contribution is -2.41. The molecule has 4 heteroatoms. The first-order valence-electron chi connectivity index (χ1n) is 4.96. The zero-order valence-electron chi connectivity index (χ0n) is 8.40. The van der Waals surface area contributed by atoms with Gasteiger partial charge in [-0.1, -0.05) is 18.2 Å². The molecule has 0 radical (unpaired) electrons. The summed E-state index contributed by atoms with van der Waals surface area (Å²) in [7, 11) is 0. The third kappa shape index (κ3) is 1.64. The molecule has 1 heterocycles. The molecular formula is C11H14N4. The van der Waals surface area contributed by atoms with E-state index in [1.165, 1.54) is 0 Å². The fourth-order valence-corrected chi connectivity index (χ4v) is 1.85. The van der Waals surface area contributed by atoms with Crippen molar-refractivity contribution in [2.75, 3.05) is 4.90 Å². The Balaban J connectivity index is 2.50. The molecule has 4 nitrogen and oxygen atoms in total. The molecule has 0 amide bonds. The second kappa shape index (κ2) is 3.82. The molecule has 0 saturated carbocycles. The van der Waals surface area contributed by atoms with Crippen molar-refractivity contribution >= 4 is 17.9 Å². The standard InChI is InChI=1S/C11H14N4/c12-7-15-10-4-2-1-3-8(10)5-6-9(13)11(15)14/h1-4,7,9,12,14H,5-6,13H2/t9-/m1/s1. The fourth-order valence-electron chi connectivity index (χ4n) is 1.85. The summed E-state index contributed by atoms with van der Waals surface area (Å²) < 4.78 is 0. The summed E-state index contributed by atoms with van der Waals surface area (Å²) in [6.45, 7) is 0. The van der Waals surface area contributed by atoms with Gasteiger partial charge >= 0.3 is 0 Å². The molecule has 0 aromatic heterocycles. The van der Waals surface area contributed by atoms with Crippen LogP contribution in [0.4, 0.5) is 5.69 Å². The van der Waals surface area contributed by atoms with Gasteiger partial charge in [-0.2, -0.15) is 0 Å². The number of nitrogens with one attached hydrogen (secondary N) is 2. The molecule has 0 spiro atoms. The predicted molar refractivity (Wildman–Crippen MR) is 61.7 cm³/mol. The second-order valence-electron chi connectivity index (χ2n) is 3.66. The molecule has 1 aliphatic rings. The number of benzene rings is 1. The molecule has 1 aromatic rings. The van der Waals surface area contributed by atoms with Crippen LogP contribution in [0, 0.1) is 10.8 Å². The summed E-state index contributed by atoms with van der Waals surface area (Å²) in [5.41, 5.74) is 7.91. The Morgan fingerprint density at radius 3 is 2.87 bits per heavy atom. The first kappa shape index (κ1) is 9.86. The Kier molecular flexibility index (Phi) is 2.51. The van der Waals surface area contributed by atoms with Gasteiger partial charge in [0.05, 0.1) is 18.1 Å². The first-order chi connectivity index (χ1) is 7.24. The maximum absolute atomic E-state index is 7.87. The van der Waals surface area contributed by atoms with Crippen LogP contribution in [-0.4, -0.2) is 18.2 Å². The predicted octanol–water partition coefficient (Wildman–Crippen LogP) is 1.35. The number of rotatable bonds is 1. The van der Waals surface area contributed by atoms with Gasteiger partial charge in [-0.25, -0.2) is 0 Å². The Hall–Kier alpha value is -1.68. The molecule has 1 atom stereocenters. The van der Waals surface area contributed by atoms with Crippen molar-refractivity contribution < 1.29 is 0 Å². The number of amidine groups is 1. The number of para-hydroxylation sites is 1. The fraction of sp³-hybridized carbons (Fsp3) is 0.273. The summed E-state index contributed by atoms with van der Waals surface area (Å²) in [6.07, 6.45) is 2.79.